The van der Waals surface area contributed by atoms with E-state index in [1.807, 2.05) is 0 Å². The Kier molecular flexibility index (Phi) is 2.02. The largest absolute Gasteiger partial charge is 0.396 e. The minimum atomic E-state index is 0.186. The first-order valence-corrected chi connectivity index (χ1v) is 3.78. The highest BCUT2D eigenvalue weighted by molar-refractivity contribution is 4.87. The second-order valence-electron chi connectivity index (χ2n) is 4.06. The quantitative estimate of drug-likeness (QED) is 0.596. The van der Waals surface area contributed by atoms with Crippen molar-refractivity contribution in [2.45, 2.75) is 26.9 Å². The molecule has 0 aromatic rings. The van der Waals surface area contributed by atoms with E-state index in [0.29, 0.717) is 5.92 Å². The summed E-state index contributed by atoms with van der Waals surface area (Å²) in [7, 11) is 0. The van der Waals surface area contributed by atoms with Gasteiger partial charge in [-0.15, -0.1) is 0 Å². The molecule has 0 saturated carbocycles. The molecule has 10 heavy (non-hydrogen) atoms. The Hall–Kier alpha value is -0.0800. The molecule has 0 radical (unpaired) electrons. The van der Waals surface area contributed by atoms with Crippen molar-refractivity contribution in [3.05, 3.63) is 0 Å². The standard InChI is InChI=1S/C8H16O2/c1-8(2,3)7-6(4-9)5-10-7/h6-7,9H,4-5H2,1-3H3. The van der Waals surface area contributed by atoms with Crippen molar-refractivity contribution in [2.24, 2.45) is 11.3 Å². The van der Waals surface area contributed by atoms with Crippen LogP contribution in [0.25, 0.3) is 0 Å². The van der Waals surface area contributed by atoms with Gasteiger partial charge in [-0.05, 0) is 5.41 Å². The van der Waals surface area contributed by atoms with Gasteiger partial charge in [0.15, 0.2) is 0 Å². The summed E-state index contributed by atoms with van der Waals surface area (Å²) in [6.45, 7) is 7.42. The van der Waals surface area contributed by atoms with Crippen LogP contribution >= 0.6 is 0 Å². The van der Waals surface area contributed by atoms with Crippen molar-refractivity contribution in [3.63, 3.8) is 0 Å². The van der Waals surface area contributed by atoms with E-state index in [2.05, 4.69) is 20.8 Å². The van der Waals surface area contributed by atoms with E-state index < -0.39 is 0 Å². The van der Waals surface area contributed by atoms with Gasteiger partial charge in [-0.2, -0.15) is 0 Å². The maximum absolute atomic E-state index is 8.84. The smallest absolute Gasteiger partial charge is 0.0695 e. The lowest BCUT2D eigenvalue weighted by Gasteiger charge is -2.44. The van der Waals surface area contributed by atoms with Gasteiger partial charge in [0.05, 0.1) is 19.3 Å². The first kappa shape index (κ1) is 8.02. The summed E-state index contributed by atoms with van der Waals surface area (Å²) in [6.07, 6.45) is 0.262. The highest BCUT2D eigenvalue weighted by Crippen LogP contribution is 2.34. The predicted molar refractivity (Wildman–Crippen MR) is 39.8 cm³/mol. The topological polar surface area (TPSA) is 29.5 Å². The third-order valence-electron chi connectivity index (χ3n) is 2.01. The number of hydrogen-bond acceptors (Lipinski definition) is 2. The van der Waals surface area contributed by atoms with Crippen molar-refractivity contribution in [1.29, 1.82) is 0 Å². The van der Waals surface area contributed by atoms with E-state index in [0.717, 1.165) is 6.61 Å². The van der Waals surface area contributed by atoms with Gasteiger partial charge >= 0.3 is 0 Å². The zero-order valence-corrected chi connectivity index (χ0v) is 6.92. The molecule has 2 atom stereocenters. The number of hydrogen-bond donors (Lipinski definition) is 1. The number of aliphatic hydroxyl groups excluding tert-OH is 1. The van der Waals surface area contributed by atoms with Gasteiger partial charge < -0.3 is 9.84 Å². The Bertz CT molecular complexity index is 113. The van der Waals surface area contributed by atoms with E-state index in [1.165, 1.54) is 0 Å². The van der Waals surface area contributed by atoms with Crippen molar-refractivity contribution >= 4 is 0 Å². The lowest BCUT2D eigenvalue weighted by Crippen LogP contribution is -2.49. The van der Waals surface area contributed by atoms with Crippen molar-refractivity contribution in [2.75, 3.05) is 13.2 Å². The molecule has 0 amide bonds. The monoisotopic (exact) mass is 144 g/mol. The molecular weight excluding hydrogens is 128 g/mol. The first-order chi connectivity index (χ1) is 4.55. The predicted octanol–water partition coefficient (Wildman–Crippen LogP) is 1.04. The van der Waals surface area contributed by atoms with Crippen molar-refractivity contribution in [1.82, 2.24) is 0 Å². The fourth-order valence-corrected chi connectivity index (χ4v) is 1.43. The summed E-state index contributed by atoms with van der Waals surface area (Å²) in [4.78, 5) is 0. The first-order valence-electron chi connectivity index (χ1n) is 3.78. The molecule has 1 heterocycles. The molecule has 1 aliphatic rings. The Labute approximate surface area is 62.2 Å². The van der Waals surface area contributed by atoms with Crippen molar-refractivity contribution in [3.8, 4) is 0 Å². The van der Waals surface area contributed by atoms with Gasteiger partial charge in [0.1, 0.15) is 0 Å². The molecule has 1 N–H and O–H groups in total. The highest BCUT2D eigenvalue weighted by Gasteiger charge is 2.39. The van der Waals surface area contributed by atoms with Crippen LogP contribution in [-0.4, -0.2) is 24.4 Å². The Morgan fingerprint density at radius 1 is 1.50 bits per heavy atom. The van der Waals surface area contributed by atoms with Crippen LogP contribution in [-0.2, 0) is 4.74 Å². The summed E-state index contributed by atoms with van der Waals surface area (Å²) in [5, 5.41) is 8.84. The van der Waals surface area contributed by atoms with E-state index in [4.69, 9.17) is 9.84 Å². The van der Waals surface area contributed by atoms with E-state index >= 15 is 0 Å². The molecule has 2 unspecified atom stereocenters. The molecule has 0 aromatic carbocycles. The second-order valence-corrected chi connectivity index (χ2v) is 4.06. The normalized spacial score (nSPS) is 33.6. The van der Waals surface area contributed by atoms with Crippen LogP contribution in [0.5, 0.6) is 0 Å². The molecule has 2 nitrogen and oxygen atoms in total. The second kappa shape index (κ2) is 2.51. The van der Waals surface area contributed by atoms with Crippen LogP contribution in [0.3, 0.4) is 0 Å². The van der Waals surface area contributed by atoms with Crippen LogP contribution in [0.2, 0.25) is 0 Å². The Morgan fingerprint density at radius 3 is 2.20 bits per heavy atom. The molecule has 0 aliphatic carbocycles. The minimum Gasteiger partial charge on any atom is -0.396 e. The summed E-state index contributed by atoms with van der Waals surface area (Å²) in [6, 6.07) is 0. The fraction of sp³-hybridized carbons (Fsp3) is 1.00. The summed E-state index contributed by atoms with van der Waals surface area (Å²) in [5.74, 6) is 0.375. The van der Waals surface area contributed by atoms with Crippen LogP contribution in [0.15, 0.2) is 0 Å². The molecule has 0 aromatic heterocycles. The van der Waals surface area contributed by atoms with E-state index in [1.54, 1.807) is 0 Å². The Morgan fingerprint density at radius 2 is 2.10 bits per heavy atom. The molecule has 2 heteroatoms. The van der Waals surface area contributed by atoms with Crippen molar-refractivity contribution < 1.29 is 9.84 Å². The average molecular weight is 144 g/mol. The lowest BCUT2D eigenvalue weighted by atomic mass is 9.78. The average Bonchev–Trinajstić information content (AvgIpc) is 1.57. The maximum Gasteiger partial charge on any atom is 0.0695 e. The molecular formula is C8H16O2. The third kappa shape index (κ3) is 1.32. The number of ether oxygens (including phenoxy) is 1. The van der Waals surface area contributed by atoms with Crippen LogP contribution in [0.4, 0.5) is 0 Å². The van der Waals surface area contributed by atoms with Gasteiger partial charge in [-0.1, -0.05) is 20.8 Å². The van der Waals surface area contributed by atoms with Crippen LogP contribution in [0.1, 0.15) is 20.8 Å². The molecule has 1 saturated heterocycles. The van der Waals surface area contributed by atoms with E-state index in [-0.39, 0.29) is 18.1 Å². The minimum absolute atomic E-state index is 0.186. The van der Waals surface area contributed by atoms with Gasteiger partial charge in [0.2, 0.25) is 0 Å². The van der Waals surface area contributed by atoms with Gasteiger partial charge in [0, 0.05) is 5.92 Å². The zero-order valence-electron chi connectivity index (χ0n) is 6.92. The Balaban J connectivity index is 2.43. The molecule has 1 aliphatic heterocycles. The van der Waals surface area contributed by atoms with Crippen LogP contribution in [0, 0.1) is 11.3 Å². The fourth-order valence-electron chi connectivity index (χ4n) is 1.43. The number of aliphatic hydroxyl groups is 1. The van der Waals surface area contributed by atoms with E-state index in [9.17, 15) is 0 Å². The number of rotatable bonds is 1. The maximum atomic E-state index is 8.84. The van der Waals surface area contributed by atoms with Gasteiger partial charge in [0.25, 0.3) is 0 Å². The molecule has 1 fully saturated rings. The lowest BCUT2D eigenvalue weighted by molar-refractivity contribution is -0.177. The molecule has 60 valence electrons. The van der Waals surface area contributed by atoms with Gasteiger partial charge in [-0.25, -0.2) is 0 Å². The highest BCUT2D eigenvalue weighted by atomic mass is 16.5. The summed E-state index contributed by atoms with van der Waals surface area (Å²) >= 11 is 0. The zero-order chi connectivity index (χ0) is 7.78. The summed E-state index contributed by atoms with van der Waals surface area (Å²) in [5.41, 5.74) is 0.186. The molecule has 0 bridgehead atoms. The third-order valence-corrected chi connectivity index (χ3v) is 2.01. The molecule has 0 spiro atoms. The molecule has 1 rings (SSSR count). The summed E-state index contributed by atoms with van der Waals surface area (Å²) < 4.78 is 5.34. The van der Waals surface area contributed by atoms with Crippen LogP contribution < -0.4 is 0 Å². The van der Waals surface area contributed by atoms with Gasteiger partial charge in [-0.3, -0.25) is 0 Å². The SMILES string of the molecule is CC(C)(C)C1OCC1CO.